The predicted molar refractivity (Wildman–Crippen MR) is 278 cm³/mol. The van der Waals surface area contributed by atoms with Crippen LogP contribution < -0.4 is 0 Å². The van der Waals surface area contributed by atoms with Crippen LogP contribution in [0.3, 0.4) is 0 Å². The van der Waals surface area contributed by atoms with Crippen molar-refractivity contribution >= 4 is 21.9 Å². The first-order chi connectivity index (χ1) is 33.2. The molecule has 11 rings (SSSR count). The van der Waals surface area contributed by atoms with Gasteiger partial charge in [-0.3, -0.25) is 4.68 Å². The number of hydrogen-bond donors (Lipinski definition) is 0. The molecule has 344 valence electrons. The smallest absolute Gasteiger partial charge is 0.501 e. The minimum Gasteiger partial charge on any atom is -0.501 e. The Bertz CT molecular complexity index is 3270. The molecule has 0 saturated heterocycles. The number of furan rings is 1. The summed E-state index contributed by atoms with van der Waals surface area (Å²) >= 11 is 0. The maximum atomic E-state index is 6.26. The number of aromatic nitrogens is 4. The molecule has 1 aliphatic rings. The number of fused-ring (bicyclic) bond motifs is 3. The average molecular weight is 1080 g/mol. The summed E-state index contributed by atoms with van der Waals surface area (Å²) in [4.78, 5) is 9.42. The van der Waals surface area contributed by atoms with Crippen molar-refractivity contribution in [2.45, 2.75) is 85.0 Å². The van der Waals surface area contributed by atoms with Crippen molar-refractivity contribution in [1.29, 1.82) is 0 Å². The summed E-state index contributed by atoms with van der Waals surface area (Å²) in [7, 11) is 0. The van der Waals surface area contributed by atoms with Crippen LogP contribution >= 0.6 is 0 Å². The summed E-state index contributed by atoms with van der Waals surface area (Å²) in [5, 5.41) is 6.49. The van der Waals surface area contributed by atoms with Gasteiger partial charge in [-0.25, -0.2) is 0 Å². The van der Waals surface area contributed by atoms with Crippen LogP contribution in [0, 0.1) is 37.5 Å². The topological polar surface area (TPSA) is 56.7 Å². The molecule has 0 radical (unpaired) electrons. The Morgan fingerprint density at radius 3 is 2.12 bits per heavy atom. The first-order valence-corrected chi connectivity index (χ1v) is 24.1. The van der Waals surface area contributed by atoms with Gasteiger partial charge >= 0.3 is 20.1 Å². The Morgan fingerprint density at radius 2 is 1.39 bits per heavy atom. The molecule has 6 heteroatoms. The van der Waals surface area contributed by atoms with Crippen LogP contribution in [-0.4, -0.2) is 19.7 Å². The number of pyridine rings is 2. The summed E-state index contributed by atoms with van der Waals surface area (Å²) in [5.41, 5.74) is 18.8. The van der Waals surface area contributed by atoms with Gasteiger partial charge in [0.25, 0.3) is 0 Å². The van der Waals surface area contributed by atoms with E-state index in [2.05, 4.69) is 153 Å². The largest absolute Gasteiger partial charge is 3.00 e. The van der Waals surface area contributed by atoms with Crippen LogP contribution in [0.4, 0.5) is 0 Å². The summed E-state index contributed by atoms with van der Waals surface area (Å²) in [6.07, 6.45) is 16.9. The van der Waals surface area contributed by atoms with Crippen molar-refractivity contribution in [2.24, 2.45) is 5.41 Å². The number of benzene rings is 6. The third-order valence-corrected chi connectivity index (χ3v) is 13.9. The Morgan fingerprint density at radius 1 is 0.623 bits per heavy atom. The van der Waals surface area contributed by atoms with Gasteiger partial charge in [-0.05, 0) is 144 Å². The van der Waals surface area contributed by atoms with E-state index in [0.29, 0.717) is 11.3 Å². The van der Waals surface area contributed by atoms with Crippen molar-refractivity contribution in [3.63, 3.8) is 0 Å². The molecule has 0 bridgehead atoms. The van der Waals surface area contributed by atoms with Gasteiger partial charge < -0.3 is 14.4 Å². The Hall–Kier alpha value is -6.72. The van der Waals surface area contributed by atoms with Crippen molar-refractivity contribution in [1.82, 2.24) is 19.7 Å². The van der Waals surface area contributed by atoms with E-state index in [-0.39, 0.29) is 20.1 Å². The molecule has 0 atom stereocenters. The monoisotopic (exact) mass is 1080 g/mol. The quantitative estimate of drug-likeness (QED) is 0.121. The molecule has 0 amide bonds. The van der Waals surface area contributed by atoms with Crippen LogP contribution in [0.25, 0.3) is 61.3 Å². The van der Waals surface area contributed by atoms with E-state index in [1.54, 1.807) is 6.20 Å². The summed E-state index contributed by atoms with van der Waals surface area (Å²) in [5.74, 6) is 0.685. The van der Waals surface area contributed by atoms with E-state index < -0.39 is 0 Å². The second-order valence-electron chi connectivity index (χ2n) is 19.3. The zero-order chi connectivity index (χ0) is 46.5. The van der Waals surface area contributed by atoms with E-state index in [0.717, 1.165) is 75.8 Å². The Balaban J connectivity index is 0.000000170. The molecule has 0 spiro atoms. The van der Waals surface area contributed by atoms with Gasteiger partial charge in [0, 0.05) is 30.2 Å². The van der Waals surface area contributed by atoms with Crippen molar-refractivity contribution < 1.29 is 24.5 Å². The molecule has 0 unspecified atom stereocenters. The molecule has 1 fully saturated rings. The van der Waals surface area contributed by atoms with Crippen LogP contribution in [0.5, 0.6) is 0 Å². The fourth-order valence-corrected chi connectivity index (χ4v) is 9.77. The van der Waals surface area contributed by atoms with Gasteiger partial charge in [-0.1, -0.05) is 110 Å². The van der Waals surface area contributed by atoms with Crippen LogP contribution in [0.15, 0.2) is 175 Å². The second kappa shape index (κ2) is 21.3. The molecule has 10 aromatic rings. The first-order valence-electron chi connectivity index (χ1n) is 24.1. The van der Waals surface area contributed by atoms with Crippen LogP contribution in [-0.2, 0) is 45.8 Å². The number of para-hydroxylation sites is 1. The fourth-order valence-electron chi connectivity index (χ4n) is 9.77. The molecule has 69 heavy (non-hydrogen) atoms. The SMILES string of the molecule is Cc1cc(C2CCC(C)(C)CC2)ccc1-c1cc(-c2[c-]ccc3c2oc2ccccc23)ncc1C.[Ir+3].[c-]1ccccc1-c1ccc(CCc2cccc(CCc3c[c-]c(-n4cccn4)cc3)c2)cn1. The molecule has 4 heterocycles. The van der Waals surface area contributed by atoms with Crippen molar-refractivity contribution in [3.05, 3.63) is 228 Å². The molecular weight excluding hydrogens is 1020 g/mol. The van der Waals surface area contributed by atoms with Crippen LogP contribution in [0.1, 0.15) is 84.4 Å². The number of rotatable bonds is 11. The van der Waals surface area contributed by atoms with Gasteiger partial charge in [0.1, 0.15) is 5.58 Å². The normalized spacial score (nSPS) is 13.4. The van der Waals surface area contributed by atoms with E-state index >= 15 is 0 Å². The number of aryl methyl sites for hydroxylation is 6. The average Bonchev–Trinajstić information content (AvgIpc) is 4.06. The zero-order valence-electron chi connectivity index (χ0n) is 39.9. The third-order valence-electron chi connectivity index (χ3n) is 13.9. The van der Waals surface area contributed by atoms with Gasteiger partial charge in [-0.15, -0.1) is 60.2 Å². The molecule has 6 aromatic carbocycles. The summed E-state index contributed by atoms with van der Waals surface area (Å²) < 4.78 is 8.09. The van der Waals surface area contributed by atoms with Gasteiger partial charge in [0.15, 0.2) is 0 Å². The Labute approximate surface area is 421 Å². The minimum absolute atomic E-state index is 0. The maximum Gasteiger partial charge on any atom is 3.00 e. The van der Waals surface area contributed by atoms with Gasteiger partial charge in [0.2, 0.25) is 0 Å². The predicted octanol–water partition coefficient (Wildman–Crippen LogP) is 15.5. The molecular formula is C63H57IrN4O. The van der Waals surface area contributed by atoms with Gasteiger partial charge in [-0.2, -0.15) is 28.9 Å². The Kier molecular flexibility index (Phi) is 14.6. The summed E-state index contributed by atoms with van der Waals surface area (Å²) in [6.45, 7) is 9.21. The van der Waals surface area contributed by atoms with E-state index in [1.807, 2.05) is 71.8 Å². The first kappa shape index (κ1) is 47.3. The molecule has 1 aliphatic carbocycles. The molecule has 5 nitrogen and oxygen atoms in total. The summed E-state index contributed by atoms with van der Waals surface area (Å²) in [6, 6.07) is 60.9. The maximum absolute atomic E-state index is 6.26. The fraction of sp³-hybridized carbons (Fsp3) is 0.222. The van der Waals surface area contributed by atoms with E-state index in [1.165, 1.54) is 75.8 Å². The number of hydrogen-bond acceptors (Lipinski definition) is 4. The van der Waals surface area contributed by atoms with Crippen LogP contribution in [0.2, 0.25) is 0 Å². The zero-order valence-corrected chi connectivity index (χ0v) is 42.3. The molecule has 1 saturated carbocycles. The van der Waals surface area contributed by atoms with Crippen molar-refractivity contribution in [3.8, 4) is 39.3 Å². The van der Waals surface area contributed by atoms with E-state index in [4.69, 9.17) is 9.40 Å². The van der Waals surface area contributed by atoms with Crippen molar-refractivity contribution in [2.75, 3.05) is 0 Å². The standard InChI is InChI=1S/C33H32NO.C30H25N3.Ir/c1-21-18-24(23-14-16-33(3,4)17-15-23)12-13-25(21)29-19-30(34-20-22(29)2)28-10-7-9-27-26-8-5-6-11-31(26)35-32(27)28;1-2-8-28(9-3-1)30-19-16-27(23-31-30)13-12-26-7-4-6-25(22-26)11-10-24-14-17-29(18-15-24)33-21-5-20-32-33;/h5-9,11-13,18-20,23H,14-17H2,1-4H3;1-8,14-17,19-23H,10-13H2;/q-1;-2;+3. The third kappa shape index (κ3) is 11.1. The molecule has 4 aromatic heterocycles. The van der Waals surface area contributed by atoms with E-state index in [9.17, 15) is 0 Å². The second-order valence-corrected chi connectivity index (χ2v) is 19.3. The molecule has 0 aliphatic heterocycles. The molecule has 0 N–H and O–H groups in total. The number of nitrogens with zero attached hydrogens (tertiary/aromatic N) is 4. The minimum atomic E-state index is 0. The van der Waals surface area contributed by atoms with Gasteiger partial charge in [0.05, 0.1) is 5.58 Å².